The summed E-state index contributed by atoms with van der Waals surface area (Å²) in [7, 11) is 0. The normalized spacial score (nSPS) is 19.1. The van der Waals surface area contributed by atoms with E-state index >= 15 is 0 Å². The molecule has 1 aromatic carbocycles. The van der Waals surface area contributed by atoms with Crippen molar-refractivity contribution in [3.63, 3.8) is 0 Å². The number of aromatic nitrogens is 3. The van der Waals surface area contributed by atoms with Gasteiger partial charge in [0.05, 0.1) is 5.69 Å². The Balaban J connectivity index is 1.75. The second kappa shape index (κ2) is 5.42. The molecule has 1 aliphatic rings. The highest BCUT2D eigenvalue weighted by Gasteiger charge is 2.22. The number of amides is 1. The molecule has 2 heterocycles. The molecule has 0 aliphatic carbocycles. The molecular formula is C14H17N5O. The lowest BCUT2D eigenvalue weighted by Gasteiger charge is -2.30. The lowest BCUT2D eigenvalue weighted by Crippen LogP contribution is -2.45. The summed E-state index contributed by atoms with van der Waals surface area (Å²) >= 11 is 0. The molecule has 3 rings (SSSR count). The monoisotopic (exact) mass is 271 g/mol. The summed E-state index contributed by atoms with van der Waals surface area (Å²) in [5, 5.41) is 4.05. The minimum atomic E-state index is 0.0466. The molecule has 1 fully saturated rings. The van der Waals surface area contributed by atoms with Gasteiger partial charge in [0, 0.05) is 24.7 Å². The fourth-order valence-corrected chi connectivity index (χ4v) is 2.48. The van der Waals surface area contributed by atoms with Gasteiger partial charge in [-0.1, -0.05) is 0 Å². The van der Waals surface area contributed by atoms with Crippen molar-refractivity contribution in [3.05, 3.63) is 42.5 Å². The molecule has 0 saturated carbocycles. The number of benzene rings is 1. The Morgan fingerprint density at radius 2 is 2.10 bits per heavy atom. The molecule has 1 aromatic heterocycles. The van der Waals surface area contributed by atoms with Crippen LogP contribution in [0, 0.1) is 0 Å². The zero-order valence-corrected chi connectivity index (χ0v) is 11.1. The number of piperidine rings is 1. The Morgan fingerprint density at radius 3 is 2.75 bits per heavy atom. The van der Waals surface area contributed by atoms with Crippen LogP contribution in [0.5, 0.6) is 0 Å². The topological polar surface area (TPSA) is 77.0 Å². The third-order valence-corrected chi connectivity index (χ3v) is 3.54. The highest BCUT2D eigenvalue weighted by Crippen LogP contribution is 2.14. The number of rotatable bonds is 2. The summed E-state index contributed by atoms with van der Waals surface area (Å²) in [6.07, 6.45) is 5.08. The number of carbonyl (C=O) groups excluding carboxylic acids is 1. The van der Waals surface area contributed by atoms with E-state index in [1.165, 1.54) is 6.33 Å². The van der Waals surface area contributed by atoms with Gasteiger partial charge in [0.2, 0.25) is 0 Å². The molecule has 1 aliphatic heterocycles. The van der Waals surface area contributed by atoms with E-state index in [2.05, 4.69) is 10.1 Å². The minimum absolute atomic E-state index is 0.0466. The number of carbonyl (C=O) groups is 1. The summed E-state index contributed by atoms with van der Waals surface area (Å²) in [6.45, 7) is 1.43. The van der Waals surface area contributed by atoms with E-state index in [9.17, 15) is 4.79 Å². The van der Waals surface area contributed by atoms with Crippen molar-refractivity contribution >= 4 is 5.91 Å². The van der Waals surface area contributed by atoms with Crippen LogP contribution in [-0.4, -0.2) is 44.7 Å². The number of nitrogens with zero attached hydrogens (tertiary/aromatic N) is 4. The van der Waals surface area contributed by atoms with Crippen molar-refractivity contribution in [2.24, 2.45) is 5.73 Å². The van der Waals surface area contributed by atoms with Crippen LogP contribution in [0.4, 0.5) is 0 Å². The van der Waals surface area contributed by atoms with Gasteiger partial charge in [0.15, 0.2) is 0 Å². The van der Waals surface area contributed by atoms with E-state index in [1.807, 2.05) is 29.2 Å². The molecule has 20 heavy (non-hydrogen) atoms. The van der Waals surface area contributed by atoms with Gasteiger partial charge in [-0.2, -0.15) is 5.10 Å². The van der Waals surface area contributed by atoms with Gasteiger partial charge in [0.25, 0.3) is 5.91 Å². The summed E-state index contributed by atoms with van der Waals surface area (Å²) in [5.41, 5.74) is 7.48. The average molecular weight is 271 g/mol. The largest absolute Gasteiger partial charge is 0.337 e. The molecule has 6 heteroatoms. The number of likely N-dealkylation sites (tertiary alicyclic amines) is 1. The van der Waals surface area contributed by atoms with Crippen molar-refractivity contribution in [2.45, 2.75) is 18.9 Å². The molecule has 0 radical (unpaired) electrons. The molecule has 1 saturated heterocycles. The lowest BCUT2D eigenvalue weighted by molar-refractivity contribution is 0.0709. The third-order valence-electron chi connectivity index (χ3n) is 3.54. The van der Waals surface area contributed by atoms with Gasteiger partial charge in [-0.3, -0.25) is 4.79 Å². The molecule has 2 N–H and O–H groups in total. The Hall–Kier alpha value is -2.21. The Kier molecular flexibility index (Phi) is 3.47. The van der Waals surface area contributed by atoms with Gasteiger partial charge in [-0.05, 0) is 37.1 Å². The first-order valence-electron chi connectivity index (χ1n) is 6.74. The third kappa shape index (κ3) is 2.55. The average Bonchev–Trinajstić information content (AvgIpc) is 3.01. The van der Waals surface area contributed by atoms with E-state index < -0.39 is 0 Å². The maximum absolute atomic E-state index is 12.4. The van der Waals surface area contributed by atoms with E-state index in [0.29, 0.717) is 12.1 Å². The Bertz CT molecular complexity index is 578. The Labute approximate surface area is 117 Å². The quantitative estimate of drug-likeness (QED) is 0.877. The van der Waals surface area contributed by atoms with E-state index in [4.69, 9.17) is 5.73 Å². The number of nitrogens with two attached hydrogens (primary N) is 1. The van der Waals surface area contributed by atoms with Gasteiger partial charge in [-0.15, -0.1) is 0 Å². The van der Waals surface area contributed by atoms with Crippen LogP contribution in [0.1, 0.15) is 23.2 Å². The van der Waals surface area contributed by atoms with Crippen LogP contribution < -0.4 is 5.73 Å². The van der Waals surface area contributed by atoms with Gasteiger partial charge in [0.1, 0.15) is 12.7 Å². The van der Waals surface area contributed by atoms with E-state index in [0.717, 1.165) is 25.1 Å². The predicted molar refractivity (Wildman–Crippen MR) is 74.5 cm³/mol. The van der Waals surface area contributed by atoms with Crippen LogP contribution in [0.15, 0.2) is 36.9 Å². The summed E-state index contributed by atoms with van der Waals surface area (Å²) in [5.74, 6) is 0.0466. The van der Waals surface area contributed by atoms with Crippen molar-refractivity contribution in [3.8, 4) is 5.69 Å². The molecule has 104 valence electrons. The van der Waals surface area contributed by atoms with E-state index in [1.54, 1.807) is 11.0 Å². The van der Waals surface area contributed by atoms with Crippen LogP contribution in [0.3, 0.4) is 0 Å². The summed E-state index contributed by atoms with van der Waals surface area (Å²) < 4.78 is 1.66. The highest BCUT2D eigenvalue weighted by molar-refractivity contribution is 5.94. The molecular weight excluding hydrogens is 254 g/mol. The number of hydrogen-bond donors (Lipinski definition) is 1. The van der Waals surface area contributed by atoms with Crippen LogP contribution in [-0.2, 0) is 0 Å². The lowest BCUT2D eigenvalue weighted by atomic mass is 10.1. The molecule has 1 atom stereocenters. The fraction of sp³-hybridized carbons (Fsp3) is 0.357. The molecule has 0 bridgehead atoms. The van der Waals surface area contributed by atoms with Crippen LogP contribution in [0.2, 0.25) is 0 Å². The zero-order valence-electron chi connectivity index (χ0n) is 11.1. The van der Waals surface area contributed by atoms with Crippen LogP contribution >= 0.6 is 0 Å². The van der Waals surface area contributed by atoms with Crippen molar-refractivity contribution in [1.29, 1.82) is 0 Å². The molecule has 1 amide bonds. The predicted octanol–water partition coefficient (Wildman–Crippen LogP) is 0.831. The maximum atomic E-state index is 12.4. The smallest absolute Gasteiger partial charge is 0.253 e. The van der Waals surface area contributed by atoms with Crippen molar-refractivity contribution in [2.75, 3.05) is 13.1 Å². The van der Waals surface area contributed by atoms with Gasteiger partial charge in [-0.25, -0.2) is 9.67 Å². The first kappa shape index (κ1) is 12.8. The molecule has 0 unspecified atom stereocenters. The summed E-state index contributed by atoms with van der Waals surface area (Å²) in [4.78, 5) is 18.1. The first-order valence-corrected chi connectivity index (χ1v) is 6.74. The fourth-order valence-electron chi connectivity index (χ4n) is 2.48. The molecule has 0 spiro atoms. The second-order valence-electron chi connectivity index (χ2n) is 5.04. The van der Waals surface area contributed by atoms with E-state index in [-0.39, 0.29) is 11.9 Å². The maximum Gasteiger partial charge on any atom is 0.253 e. The number of hydrogen-bond acceptors (Lipinski definition) is 4. The molecule has 2 aromatic rings. The standard InChI is InChI=1S/C14H17N5O/c15-12-2-1-7-18(8-12)14(20)11-3-5-13(6-4-11)19-10-16-9-17-19/h3-6,9-10,12H,1-2,7-8,15H2/t12-/m1/s1. The molecule has 6 nitrogen and oxygen atoms in total. The van der Waals surface area contributed by atoms with Gasteiger partial charge >= 0.3 is 0 Å². The second-order valence-corrected chi connectivity index (χ2v) is 5.04. The van der Waals surface area contributed by atoms with Gasteiger partial charge < -0.3 is 10.6 Å². The highest BCUT2D eigenvalue weighted by atomic mass is 16.2. The van der Waals surface area contributed by atoms with Crippen LogP contribution in [0.25, 0.3) is 5.69 Å². The zero-order chi connectivity index (χ0) is 13.9. The Morgan fingerprint density at radius 1 is 1.30 bits per heavy atom. The van der Waals surface area contributed by atoms with Crippen molar-refractivity contribution in [1.82, 2.24) is 19.7 Å². The minimum Gasteiger partial charge on any atom is -0.337 e. The SMILES string of the molecule is N[C@@H]1CCCN(C(=O)c2ccc(-n3cncn3)cc2)C1. The first-order chi connectivity index (χ1) is 9.74. The van der Waals surface area contributed by atoms with Crippen molar-refractivity contribution < 1.29 is 4.79 Å². The summed E-state index contributed by atoms with van der Waals surface area (Å²) in [6, 6.07) is 7.47.